The van der Waals surface area contributed by atoms with Crippen LogP contribution in [0.3, 0.4) is 0 Å². The monoisotopic (exact) mass is 247 g/mol. The highest BCUT2D eigenvalue weighted by Gasteiger charge is 2.08. The summed E-state index contributed by atoms with van der Waals surface area (Å²) in [6.07, 6.45) is 1.17. The molecule has 65 valence electrons. The molecule has 0 aromatic heterocycles. The average Bonchev–Trinajstić information content (AvgIpc) is 1.82. The molecule has 0 unspecified atom stereocenters. The maximum Gasteiger partial charge on any atom is 0.176 e. The van der Waals surface area contributed by atoms with Crippen molar-refractivity contribution in [2.24, 2.45) is 0 Å². The predicted molar refractivity (Wildman–Crippen MR) is 50.8 cm³/mol. The molecule has 0 N–H and O–H groups in total. The van der Waals surface area contributed by atoms with E-state index in [0.29, 0.717) is 0 Å². The molecule has 0 saturated carbocycles. The third-order valence-corrected chi connectivity index (χ3v) is 2.82. The quantitative estimate of drug-likeness (QED) is 0.761. The van der Waals surface area contributed by atoms with Crippen LogP contribution in [0.5, 0.6) is 0 Å². The zero-order valence-electron chi connectivity index (χ0n) is 6.76. The Labute approximate surface area is 80.7 Å². The second-order valence-electron chi connectivity index (χ2n) is 2.62. The number of benzene rings is 1. The average molecular weight is 248 g/mol. The summed E-state index contributed by atoms with van der Waals surface area (Å²) in [6.45, 7) is 1.80. The van der Waals surface area contributed by atoms with Gasteiger partial charge in [-0.3, -0.25) is 0 Å². The van der Waals surface area contributed by atoms with Gasteiger partial charge in [-0.25, -0.2) is 8.42 Å². The van der Waals surface area contributed by atoms with Crippen LogP contribution in [0.15, 0.2) is 21.5 Å². The molecule has 1 aromatic rings. The fourth-order valence-electron chi connectivity index (χ4n) is 0.840. The van der Waals surface area contributed by atoms with Gasteiger partial charge in [-0.2, -0.15) is 0 Å². The van der Waals surface area contributed by atoms with Gasteiger partial charge in [0.15, 0.2) is 9.84 Å². The van der Waals surface area contributed by atoms with Gasteiger partial charge >= 0.3 is 0 Å². The Morgan fingerprint density at radius 1 is 1.42 bits per heavy atom. The third-order valence-electron chi connectivity index (χ3n) is 1.34. The highest BCUT2D eigenvalue weighted by molar-refractivity contribution is 9.10. The smallest absolute Gasteiger partial charge is 0.176 e. The van der Waals surface area contributed by atoms with Gasteiger partial charge in [-0.05, 0) is 24.6 Å². The van der Waals surface area contributed by atoms with Crippen LogP contribution in [-0.4, -0.2) is 14.7 Å². The molecule has 0 amide bonds. The summed E-state index contributed by atoms with van der Waals surface area (Å²) in [5, 5.41) is 0. The minimum atomic E-state index is -3.13. The van der Waals surface area contributed by atoms with Crippen LogP contribution in [-0.2, 0) is 9.84 Å². The van der Waals surface area contributed by atoms with E-state index in [9.17, 15) is 8.42 Å². The van der Waals surface area contributed by atoms with Crippen molar-refractivity contribution in [3.63, 3.8) is 0 Å². The fraction of sp³-hybridized carbons (Fsp3) is 0.250. The van der Waals surface area contributed by atoms with Crippen LogP contribution < -0.4 is 0 Å². The molecule has 0 fully saturated rings. The SMILES string of the molecule is Cc1[c]c(S(C)(=O)=O)cc(Br)c1. The number of hydrogen-bond acceptors (Lipinski definition) is 2. The first-order chi connectivity index (χ1) is 5.39. The number of hydrogen-bond donors (Lipinski definition) is 0. The predicted octanol–water partition coefficient (Wildman–Crippen LogP) is 1.96. The number of aryl methyl sites for hydroxylation is 1. The van der Waals surface area contributed by atoms with Crippen molar-refractivity contribution in [2.75, 3.05) is 6.26 Å². The van der Waals surface area contributed by atoms with E-state index in [2.05, 4.69) is 22.0 Å². The van der Waals surface area contributed by atoms with Crippen LogP contribution in [0.2, 0.25) is 0 Å². The molecule has 2 nitrogen and oxygen atoms in total. The highest BCUT2D eigenvalue weighted by atomic mass is 79.9. The molecule has 0 saturated heterocycles. The number of rotatable bonds is 1. The van der Waals surface area contributed by atoms with Gasteiger partial charge in [0.25, 0.3) is 0 Å². The summed E-state index contributed by atoms with van der Waals surface area (Å²) < 4.78 is 22.9. The van der Waals surface area contributed by atoms with E-state index in [1.165, 1.54) is 6.26 Å². The topological polar surface area (TPSA) is 34.1 Å². The van der Waals surface area contributed by atoms with E-state index in [4.69, 9.17) is 0 Å². The lowest BCUT2D eigenvalue weighted by Gasteiger charge is -1.99. The Bertz CT molecular complexity index is 375. The zero-order chi connectivity index (χ0) is 9.35. The molecular formula is C8H8BrO2S. The lowest BCUT2D eigenvalue weighted by atomic mass is 10.2. The Morgan fingerprint density at radius 3 is 2.42 bits per heavy atom. The third kappa shape index (κ3) is 2.32. The van der Waals surface area contributed by atoms with Crippen molar-refractivity contribution >= 4 is 25.8 Å². The lowest BCUT2D eigenvalue weighted by molar-refractivity contribution is 0.601. The first-order valence-electron chi connectivity index (χ1n) is 3.29. The van der Waals surface area contributed by atoms with Gasteiger partial charge in [0.2, 0.25) is 0 Å². The minimum Gasteiger partial charge on any atom is -0.224 e. The number of sulfone groups is 1. The van der Waals surface area contributed by atoms with Crippen molar-refractivity contribution in [1.29, 1.82) is 0 Å². The molecule has 0 aliphatic heterocycles. The van der Waals surface area contributed by atoms with Crippen molar-refractivity contribution in [2.45, 2.75) is 11.8 Å². The maximum absolute atomic E-state index is 11.1. The van der Waals surface area contributed by atoms with Crippen molar-refractivity contribution in [1.82, 2.24) is 0 Å². The Hall–Kier alpha value is -0.350. The largest absolute Gasteiger partial charge is 0.224 e. The van der Waals surface area contributed by atoms with Crippen LogP contribution in [0, 0.1) is 13.0 Å². The number of halogens is 1. The molecule has 0 heterocycles. The van der Waals surface area contributed by atoms with Crippen molar-refractivity contribution in [3.8, 4) is 0 Å². The van der Waals surface area contributed by atoms with Gasteiger partial charge in [0.05, 0.1) is 4.90 Å². The fourth-order valence-corrected chi connectivity index (χ4v) is 2.25. The summed E-state index contributed by atoms with van der Waals surface area (Å²) in [5.74, 6) is 0. The molecular weight excluding hydrogens is 240 g/mol. The summed E-state index contributed by atoms with van der Waals surface area (Å²) in [6, 6.07) is 6.13. The minimum absolute atomic E-state index is 0.231. The molecule has 0 bridgehead atoms. The van der Waals surface area contributed by atoms with Crippen molar-refractivity contribution < 1.29 is 8.42 Å². The molecule has 4 heteroatoms. The summed E-state index contributed by atoms with van der Waals surface area (Å²) in [4.78, 5) is 0.231. The Balaban J connectivity index is 3.37. The first-order valence-corrected chi connectivity index (χ1v) is 5.97. The Morgan fingerprint density at radius 2 is 2.00 bits per heavy atom. The molecule has 1 rings (SSSR count). The molecule has 12 heavy (non-hydrogen) atoms. The summed E-state index contributed by atoms with van der Waals surface area (Å²) in [5.41, 5.74) is 0.810. The molecule has 1 aromatic carbocycles. The van der Waals surface area contributed by atoms with Crippen LogP contribution >= 0.6 is 15.9 Å². The van der Waals surface area contributed by atoms with E-state index in [1.54, 1.807) is 13.0 Å². The van der Waals surface area contributed by atoms with Gasteiger partial charge in [0.1, 0.15) is 0 Å². The molecule has 0 atom stereocenters. The lowest BCUT2D eigenvalue weighted by Crippen LogP contribution is -1.97. The molecule has 0 aliphatic carbocycles. The van der Waals surface area contributed by atoms with Crippen LogP contribution in [0.25, 0.3) is 0 Å². The standard InChI is InChI=1S/C8H8BrO2S/c1-6-3-7(9)5-8(4-6)12(2,10)11/h3,5H,1-2H3. The second-order valence-corrected chi connectivity index (χ2v) is 5.52. The van der Waals surface area contributed by atoms with Gasteiger partial charge in [-0.1, -0.05) is 15.9 Å². The van der Waals surface area contributed by atoms with E-state index in [1.807, 2.05) is 6.07 Å². The summed E-state index contributed by atoms with van der Waals surface area (Å²) >= 11 is 3.22. The normalized spacial score (nSPS) is 11.6. The second kappa shape index (κ2) is 3.18. The Kier molecular flexibility index (Phi) is 2.58. The van der Waals surface area contributed by atoms with Crippen LogP contribution in [0.4, 0.5) is 0 Å². The highest BCUT2D eigenvalue weighted by Crippen LogP contribution is 2.17. The molecule has 0 aliphatic rings. The molecule has 1 radical (unpaired) electrons. The van der Waals surface area contributed by atoms with E-state index in [0.717, 1.165) is 10.0 Å². The van der Waals surface area contributed by atoms with E-state index >= 15 is 0 Å². The first kappa shape index (κ1) is 9.74. The maximum atomic E-state index is 11.1. The van der Waals surface area contributed by atoms with E-state index < -0.39 is 9.84 Å². The van der Waals surface area contributed by atoms with Crippen molar-refractivity contribution in [3.05, 3.63) is 28.2 Å². The van der Waals surface area contributed by atoms with Gasteiger partial charge < -0.3 is 0 Å². The van der Waals surface area contributed by atoms with Gasteiger partial charge in [0, 0.05) is 16.8 Å². The van der Waals surface area contributed by atoms with Crippen LogP contribution in [0.1, 0.15) is 5.56 Å². The molecule has 0 spiro atoms. The van der Waals surface area contributed by atoms with E-state index in [-0.39, 0.29) is 4.90 Å². The summed E-state index contributed by atoms with van der Waals surface area (Å²) in [7, 11) is -3.13. The van der Waals surface area contributed by atoms with Gasteiger partial charge in [-0.15, -0.1) is 0 Å². The zero-order valence-corrected chi connectivity index (χ0v) is 9.16.